The molecule has 0 bridgehead atoms. The fraction of sp³-hybridized carbons (Fsp3) is 0.214. The molecule has 1 radical (unpaired) electrons. The van der Waals surface area contributed by atoms with Gasteiger partial charge in [0.1, 0.15) is 0 Å². The van der Waals surface area contributed by atoms with E-state index in [1.54, 1.807) is 0 Å². The van der Waals surface area contributed by atoms with Crippen LogP contribution in [0.1, 0.15) is 19.3 Å². The number of allylic oxidation sites excluding steroid dienone is 10. The Balaban J connectivity index is 2.45. The lowest BCUT2D eigenvalue weighted by molar-refractivity contribution is 1.05. The summed E-state index contributed by atoms with van der Waals surface area (Å²) in [6.07, 6.45) is 26.5. The first-order valence-corrected chi connectivity index (χ1v) is 5.13. The molecule has 0 saturated heterocycles. The molecule has 0 atom stereocenters. The maximum absolute atomic E-state index is 2.19. The smallest absolute Gasteiger partial charge is 0.00442 e. The largest absolute Gasteiger partial charge is 0.0876 e. The van der Waals surface area contributed by atoms with Gasteiger partial charge in [-0.25, -0.2) is 0 Å². The van der Waals surface area contributed by atoms with Gasteiger partial charge in [0, 0.05) is 6.42 Å². The van der Waals surface area contributed by atoms with Crippen LogP contribution in [0.25, 0.3) is 0 Å². The van der Waals surface area contributed by atoms with E-state index in [1.807, 2.05) is 0 Å². The average molecular weight is 185 g/mol. The van der Waals surface area contributed by atoms with E-state index in [1.165, 1.54) is 0 Å². The highest BCUT2D eigenvalue weighted by Crippen LogP contribution is 1.97. The van der Waals surface area contributed by atoms with Crippen molar-refractivity contribution in [2.24, 2.45) is 0 Å². The third-order valence-corrected chi connectivity index (χ3v) is 1.87. The van der Waals surface area contributed by atoms with Crippen molar-refractivity contribution in [3.8, 4) is 0 Å². The molecule has 1 aliphatic carbocycles. The van der Waals surface area contributed by atoms with Crippen LogP contribution in [0.5, 0.6) is 0 Å². The average Bonchev–Trinajstić information content (AvgIpc) is 2.22. The van der Waals surface area contributed by atoms with E-state index in [4.69, 9.17) is 0 Å². The molecule has 0 fully saturated rings. The summed E-state index contributed by atoms with van der Waals surface area (Å²) in [6, 6.07) is 0. The van der Waals surface area contributed by atoms with Crippen molar-refractivity contribution >= 4 is 0 Å². The Kier molecular flexibility index (Phi) is 6.39. The van der Waals surface area contributed by atoms with Gasteiger partial charge in [0.2, 0.25) is 0 Å². The highest BCUT2D eigenvalue weighted by atomic mass is 13.8. The van der Waals surface area contributed by atoms with Crippen LogP contribution in [0.2, 0.25) is 0 Å². The summed E-state index contributed by atoms with van der Waals surface area (Å²) in [5.74, 6) is 0. The van der Waals surface area contributed by atoms with E-state index in [9.17, 15) is 0 Å². The van der Waals surface area contributed by atoms with Gasteiger partial charge in [0.15, 0.2) is 0 Å². The van der Waals surface area contributed by atoms with Gasteiger partial charge in [-0.05, 0) is 19.3 Å². The molecule has 0 saturated carbocycles. The number of hydrogen-bond donors (Lipinski definition) is 0. The highest BCUT2D eigenvalue weighted by Gasteiger charge is 1.77. The topological polar surface area (TPSA) is 0 Å². The van der Waals surface area contributed by atoms with E-state index in [-0.39, 0.29) is 0 Å². The first kappa shape index (κ1) is 10.8. The lowest BCUT2D eigenvalue weighted by Crippen LogP contribution is -1.67. The highest BCUT2D eigenvalue weighted by molar-refractivity contribution is 5.14. The molecule has 0 aliphatic heterocycles. The van der Waals surface area contributed by atoms with E-state index in [2.05, 4.69) is 67.2 Å². The molecule has 73 valence electrons. The van der Waals surface area contributed by atoms with Gasteiger partial charge >= 0.3 is 0 Å². The predicted octanol–water partition coefficient (Wildman–Crippen LogP) is 4.16. The molecule has 0 spiro atoms. The van der Waals surface area contributed by atoms with E-state index in [0.717, 1.165) is 19.3 Å². The molecule has 0 aromatic heterocycles. The van der Waals surface area contributed by atoms with Crippen molar-refractivity contribution < 1.29 is 0 Å². The Labute approximate surface area is 87.0 Å². The summed E-state index contributed by atoms with van der Waals surface area (Å²) in [7, 11) is 0. The van der Waals surface area contributed by atoms with Crippen LogP contribution in [0, 0.1) is 6.42 Å². The SMILES string of the molecule is [CH]1/C=C\CC/C=C/C=C\C=C\C/C=C/1. The Morgan fingerprint density at radius 3 is 1.93 bits per heavy atom. The molecule has 0 aromatic rings. The minimum atomic E-state index is 0.998. The molecule has 0 aromatic carbocycles. The molecule has 0 amide bonds. The van der Waals surface area contributed by atoms with Crippen LogP contribution in [0.3, 0.4) is 0 Å². The van der Waals surface area contributed by atoms with Gasteiger partial charge in [-0.3, -0.25) is 0 Å². The summed E-state index contributed by atoms with van der Waals surface area (Å²) in [5.41, 5.74) is 0. The minimum absolute atomic E-state index is 0.998. The third-order valence-electron chi connectivity index (χ3n) is 1.87. The van der Waals surface area contributed by atoms with Gasteiger partial charge in [-0.15, -0.1) is 0 Å². The standard InChI is InChI=1S/C14H17/c1-2-4-6-8-10-12-14-13-11-9-7-5-3-1/h1-6,9,11-14H,7-8,10H2/b2-1-,5-3+,6-4+,11-9+,14-12-. The van der Waals surface area contributed by atoms with E-state index < -0.39 is 0 Å². The summed E-state index contributed by atoms with van der Waals surface area (Å²) < 4.78 is 0. The Hall–Kier alpha value is -1.30. The van der Waals surface area contributed by atoms with Crippen molar-refractivity contribution in [1.82, 2.24) is 0 Å². The van der Waals surface area contributed by atoms with Crippen molar-refractivity contribution in [3.63, 3.8) is 0 Å². The lowest BCUT2D eigenvalue weighted by atomic mass is 10.2. The van der Waals surface area contributed by atoms with Gasteiger partial charge < -0.3 is 0 Å². The van der Waals surface area contributed by atoms with Crippen molar-refractivity contribution in [1.29, 1.82) is 0 Å². The Bertz CT molecular complexity index is 262. The van der Waals surface area contributed by atoms with Crippen molar-refractivity contribution in [2.75, 3.05) is 0 Å². The molecule has 0 unspecified atom stereocenters. The molecular formula is C14H17. The van der Waals surface area contributed by atoms with E-state index in [0.29, 0.717) is 0 Å². The Morgan fingerprint density at radius 1 is 0.500 bits per heavy atom. The van der Waals surface area contributed by atoms with Crippen molar-refractivity contribution in [2.45, 2.75) is 19.3 Å². The number of hydrogen-bond acceptors (Lipinski definition) is 0. The quantitative estimate of drug-likeness (QED) is 0.531. The summed E-state index contributed by atoms with van der Waals surface area (Å²) in [5, 5.41) is 0. The van der Waals surface area contributed by atoms with Crippen LogP contribution in [0.4, 0.5) is 0 Å². The van der Waals surface area contributed by atoms with E-state index >= 15 is 0 Å². The number of rotatable bonds is 0. The van der Waals surface area contributed by atoms with Crippen LogP contribution in [-0.2, 0) is 0 Å². The van der Waals surface area contributed by atoms with Gasteiger partial charge in [0.25, 0.3) is 0 Å². The normalized spacial score (nSPS) is 29.7. The molecule has 1 aliphatic rings. The molecule has 0 N–H and O–H groups in total. The van der Waals surface area contributed by atoms with Crippen LogP contribution in [0.15, 0.2) is 60.8 Å². The lowest BCUT2D eigenvalue weighted by Gasteiger charge is -1.87. The van der Waals surface area contributed by atoms with Crippen molar-refractivity contribution in [3.05, 3.63) is 67.2 Å². The second-order valence-electron chi connectivity index (χ2n) is 3.10. The zero-order valence-corrected chi connectivity index (χ0v) is 8.47. The maximum Gasteiger partial charge on any atom is 0.00442 e. The molecular weight excluding hydrogens is 168 g/mol. The van der Waals surface area contributed by atoms with Crippen LogP contribution < -0.4 is 0 Å². The summed E-state index contributed by atoms with van der Waals surface area (Å²) >= 11 is 0. The molecule has 0 heteroatoms. The first-order chi connectivity index (χ1) is 7.00. The molecule has 1 rings (SSSR count). The Morgan fingerprint density at radius 2 is 1.07 bits per heavy atom. The van der Waals surface area contributed by atoms with Gasteiger partial charge in [-0.2, -0.15) is 0 Å². The van der Waals surface area contributed by atoms with Crippen LogP contribution >= 0.6 is 0 Å². The zero-order valence-electron chi connectivity index (χ0n) is 8.47. The summed E-state index contributed by atoms with van der Waals surface area (Å²) in [6.45, 7) is 0. The maximum atomic E-state index is 2.19. The fourth-order valence-electron chi connectivity index (χ4n) is 1.13. The summed E-state index contributed by atoms with van der Waals surface area (Å²) in [4.78, 5) is 0. The monoisotopic (exact) mass is 185 g/mol. The second-order valence-corrected chi connectivity index (χ2v) is 3.10. The first-order valence-electron chi connectivity index (χ1n) is 5.13. The van der Waals surface area contributed by atoms with Crippen LogP contribution in [-0.4, -0.2) is 0 Å². The molecule has 0 heterocycles. The fourth-order valence-corrected chi connectivity index (χ4v) is 1.13. The molecule has 0 nitrogen and oxygen atoms in total. The predicted molar refractivity (Wildman–Crippen MR) is 63.9 cm³/mol. The minimum Gasteiger partial charge on any atom is -0.0876 e. The second kappa shape index (κ2) is 8.31. The zero-order chi connectivity index (χ0) is 9.90. The third kappa shape index (κ3) is 6.24. The van der Waals surface area contributed by atoms with Gasteiger partial charge in [0.05, 0.1) is 0 Å². The van der Waals surface area contributed by atoms with Gasteiger partial charge in [-0.1, -0.05) is 60.8 Å². The molecule has 14 heavy (non-hydrogen) atoms.